The summed E-state index contributed by atoms with van der Waals surface area (Å²) < 4.78 is 13.3. The maximum absolute atomic E-state index is 13.3. The van der Waals surface area contributed by atoms with Crippen molar-refractivity contribution in [3.8, 4) is 6.07 Å². The van der Waals surface area contributed by atoms with Gasteiger partial charge in [0.1, 0.15) is 11.9 Å². The van der Waals surface area contributed by atoms with E-state index in [1.165, 1.54) is 12.1 Å². The SMILES string of the molecule is CC(O)c1cc(F)ccc1N(C)c1ccccc1C#N. The third kappa shape index (κ3) is 2.63. The molecule has 2 aromatic carbocycles. The number of nitrogens with zero attached hydrogens (tertiary/aromatic N) is 2. The Morgan fingerprint density at radius 3 is 2.55 bits per heavy atom. The molecule has 0 aromatic heterocycles. The van der Waals surface area contributed by atoms with Crippen molar-refractivity contribution in [3.05, 3.63) is 59.4 Å². The van der Waals surface area contributed by atoms with Crippen molar-refractivity contribution in [1.29, 1.82) is 5.26 Å². The van der Waals surface area contributed by atoms with Gasteiger partial charge < -0.3 is 10.0 Å². The molecule has 0 heterocycles. The molecule has 0 saturated carbocycles. The second-order valence-electron chi connectivity index (χ2n) is 4.57. The molecule has 4 heteroatoms. The van der Waals surface area contributed by atoms with Crippen LogP contribution in [0.15, 0.2) is 42.5 Å². The molecule has 102 valence electrons. The van der Waals surface area contributed by atoms with Crippen LogP contribution in [-0.2, 0) is 0 Å². The maximum Gasteiger partial charge on any atom is 0.123 e. The van der Waals surface area contributed by atoms with Gasteiger partial charge in [0, 0.05) is 18.3 Å². The minimum absolute atomic E-state index is 0.397. The Balaban J connectivity index is 2.54. The molecule has 0 aliphatic carbocycles. The molecule has 0 amide bonds. The quantitative estimate of drug-likeness (QED) is 0.928. The van der Waals surface area contributed by atoms with Crippen molar-refractivity contribution >= 4 is 11.4 Å². The van der Waals surface area contributed by atoms with Crippen molar-refractivity contribution in [1.82, 2.24) is 0 Å². The molecule has 0 aliphatic heterocycles. The fourth-order valence-electron chi connectivity index (χ4n) is 2.16. The first-order valence-corrected chi connectivity index (χ1v) is 6.25. The summed E-state index contributed by atoms with van der Waals surface area (Å²) in [6.07, 6.45) is -0.794. The van der Waals surface area contributed by atoms with Gasteiger partial charge >= 0.3 is 0 Å². The Labute approximate surface area is 117 Å². The smallest absolute Gasteiger partial charge is 0.123 e. The molecule has 2 aromatic rings. The van der Waals surface area contributed by atoms with Gasteiger partial charge in [-0.2, -0.15) is 5.26 Å². The number of para-hydroxylation sites is 1. The monoisotopic (exact) mass is 270 g/mol. The summed E-state index contributed by atoms with van der Waals surface area (Å²) in [4.78, 5) is 1.78. The zero-order valence-electron chi connectivity index (χ0n) is 11.3. The highest BCUT2D eigenvalue weighted by Gasteiger charge is 2.15. The van der Waals surface area contributed by atoms with E-state index >= 15 is 0 Å². The number of nitriles is 1. The van der Waals surface area contributed by atoms with E-state index in [2.05, 4.69) is 6.07 Å². The number of halogens is 1. The number of aliphatic hydroxyl groups excluding tert-OH is 1. The topological polar surface area (TPSA) is 47.3 Å². The Morgan fingerprint density at radius 2 is 1.90 bits per heavy atom. The summed E-state index contributed by atoms with van der Waals surface area (Å²) in [5.41, 5.74) is 2.39. The highest BCUT2D eigenvalue weighted by Crippen LogP contribution is 2.32. The van der Waals surface area contributed by atoms with Gasteiger partial charge in [0.25, 0.3) is 0 Å². The lowest BCUT2D eigenvalue weighted by atomic mass is 10.1. The molecular weight excluding hydrogens is 255 g/mol. The average molecular weight is 270 g/mol. The predicted octanol–water partition coefficient (Wildman–Crippen LogP) is 3.52. The summed E-state index contributed by atoms with van der Waals surface area (Å²) in [5, 5.41) is 18.9. The van der Waals surface area contributed by atoms with E-state index in [4.69, 9.17) is 5.26 Å². The Bertz CT molecular complexity index is 662. The highest BCUT2D eigenvalue weighted by atomic mass is 19.1. The molecule has 1 unspecified atom stereocenters. The minimum atomic E-state index is -0.794. The summed E-state index contributed by atoms with van der Waals surface area (Å²) in [6.45, 7) is 1.59. The Morgan fingerprint density at radius 1 is 1.20 bits per heavy atom. The van der Waals surface area contributed by atoms with Crippen molar-refractivity contribution < 1.29 is 9.50 Å². The first kappa shape index (κ1) is 14.0. The molecule has 1 atom stereocenters. The van der Waals surface area contributed by atoms with Crippen molar-refractivity contribution in [2.45, 2.75) is 13.0 Å². The molecule has 0 bridgehead atoms. The fourth-order valence-corrected chi connectivity index (χ4v) is 2.16. The van der Waals surface area contributed by atoms with Crippen LogP contribution in [0.25, 0.3) is 0 Å². The van der Waals surface area contributed by atoms with Gasteiger partial charge in [0.15, 0.2) is 0 Å². The van der Waals surface area contributed by atoms with Crippen molar-refractivity contribution in [2.24, 2.45) is 0 Å². The largest absolute Gasteiger partial charge is 0.389 e. The summed E-state index contributed by atoms with van der Waals surface area (Å²) in [7, 11) is 1.79. The maximum atomic E-state index is 13.3. The summed E-state index contributed by atoms with van der Waals surface area (Å²) in [6, 6.07) is 13.5. The number of hydrogen-bond acceptors (Lipinski definition) is 3. The fraction of sp³-hybridized carbons (Fsp3) is 0.188. The van der Waals surface area contributed by atoms with E-state index in [1.807, 2.05) is 12.1 Å². The lowest BCUT2D eigenvalue weighted by Crippen LogP contribution is -2.14. The molecule has 0 spiro atoms. The molecule has 0 fully saturated rings. The number of anilines is 2. The zero-order valence-corrected chi connectivity index (χ0v) is 11.3. The van der Waals surface area contributed by atoms with Crippen LogP contribution in [0, 0.1) is 17.1 Å². The van der Waals surface area contributed by atoms with E-state index in [0.717, 1.165) is 0 Å². The van der Waals surface area contributed by atoms with E-state index in [-0.39, 0.29) is 0 Å². The summed E-state index contributed by atoms with van der Waals surface area (Å²) in [5.74, 6) is -0.397. The Hall–Kier alpha value is -2.38. The third-order valence-electron chi connectivity index (χ3n) is 3.19. The van der Waals surface area contributed by atoms with Crippen LogP contribution in [0.4, 0.5) is 15.8 Å². The number of aliphatic hydroxyl groups is 1. The molecule has 1 N–H and O–H groups in total. The summed E-state index contributed by atoms with van der Waals surface area (Å²) >= 11 is 0. The molecule has 2 rings (SSSR count). The van der Waals surface area contributed by atoms with Gasteiger partial charge in [-0.15, -0.1) is 0 Å². The molecule has 0 radical (unpaired) electrons. The highest BCUT2D eigenvalue weighted by molar-refractivity contribution is 5.71. The third-order valence-corrected chi connectivity index (χ3v) is 3.19. The minimum Gasteiger partial charge on any atom is -0.389 e. The van der Waals surface area contributed by atoms with Crippen LogP contribution >= 0.6 is 0 Å². The van der Waals surface area contributed by atoms with Gasteiger partial charge in [-0.25, -0.2) is 4.39 Å². The van der Waals surface area contributed by atoms with Crippen molar-refractivity contribution in [3.63, 3.8) is 0 Å². The standard InChI is InChI=1S/C16H15FN2O/c1-11(20)14-9-13(17)7-8-16(14)19(2)15-6-4-3-5-12(15)10-18/h3-9,11,20H,1-2H3. The molecular formula is C16H15FN2O. The van der Waals surface area contributed by atoms with Crippen LogP contribution in [0.2, 0.25) is 0 Å². The van der Waals surface area contributed by atoms with E-state index < -0.39 is 11.9 Å². The normalized spacial score (nSPS) is 11.8. The van der Waals surface area contributed by atoms with E-state index in [0.29, 0.717) is 22.5 Å². The lowest BCUT2D eigenvalue weighted by Gasteiger charge is -2.24. The van der Waals surface area contributed by atoms with Gasteiger partial charge in [0.05, 0.1) is 17.4 Å². The van der Waals surface area contributed by atoms with Crippen LogP contribution in [0.3, 0.4) is 0 Å². The first-order valence-electron chi connectivity index (χ1n) is 6.25. The Kier molecular flexibility index (Phi) is 4.02. The molecule has 20 heavy (non-hydrogen) atoms. The van der Waals surface area contributed by atoms with Gasteiger partial charge in [-0.3, -0.25) is 0 Å². The molecule has 0 aliphatic rings. The number of benzene rings is 2. The van der Waals surface area contributed by atoms with E-state index in [1.54, 1.807) is 37.1 Å². The van der Waals surface area contributed by atoms with E-state index in [9.17, 15) is 9.50 Å². The number of hydrogen-bond donors (Lipinski definition) is 1. The van der Waals surface area contributed by atoms with Crippen LogP contribution in [0.5, 0.6) is 0 Å². The van der Waals surface area contributed by atoms with Gasteiger partial charge in [0.2, 0.25) is 0 Å². The zero-order chi connectivity index (χ0) is 14.7. The van der Waals surface area contributed by atoms with Crippen LogP contribution in [0.1, 0.15) is 24.2 Å². The lowest BCUT2D eigenvalue weighted by molar-refractivity contribution is 0.199. The average Bonchev–Trinajstić information content (AvgIpc) is 2.46. The molecule has 0 saturated heterocycles. The molecule has 3 nitrogen and oxygen atoms in total. The van der Waals surface area contributed by atoms with Crippen molar-refractivity contribution in [2.75, 3.05) is 11.9 Å². The van der Waals surface area contributed by atoms with Crippen LogP contribution < -0.4 is 4.90 Å². The number of rotatable bonds is 3. The first-order chi connectivity index (χ1) is 9.54. The van der Waals surface area contributed by atoms with Gasteiger partial charge in [-0.05, 0) is 37.3 Å². The predicted molar refractivity (Wildman–Crippen MR) is 76.3 cm³/mol. The van der Waals surface area contributed by atoms with Crippen LogP contribution in [-0.4, -0.2) is 12.2 Å². The second-order valence-corrected chi connectivity index (χ2v) is 4.57. The van der Waals surface area contributed by atoms with Gasteiger partial charge in [-0.1, -0.05) is 12.1 Å². The second kappa shape index (κ2) is 5.72.